The van der Waals surface area contributed by atoms with E-state index in [-0.39, 0.29) is 0 Å². The lowest BCUT2D eigenvalue weighted by molar-refractivity contribution is 0.145. The minimum Gasteiger partial charge on any atom is -0.329 e. The van der Waals surface area contributed by atoms with E-state index in [0.29, 0.717) is 15.4 Å². The molecule has 2 nitrogen and oxygen atoms in total. The molecule has 0 amide bonds. The first-order valence-corrected chi connectivity index (χ1v) is 7.21. The maximum absolute atomic E-state index is 6.14. The van der Waals surface area contributed by atoms with Crippen molar-refractivity contribution in [2.45, 2.75) is 31.8 Å². The number of halogens is 2. The van der Waals surface area contributed by atoms with E-state index in [9.17, 15) is 0 Å². The molecule has 1 atom stereocenters. The number of likely N-dealkylation sites (tertiary alicyclic amines) is 1. The zero-order chi connectivity index (χ0) is 11.5. The zero-order valence-corrected chi connectivity index (χ0v) is 11.4. The fourth-order valence-corrected chi connectivity index (χ4v) is 3.45. The Labute approximate surface area is 110 Å². The van der Waals surface area contributed by atoms with Crippen LogP contribution in [0.25, 0.3) is 0 Å². The van der Waals surface area contributed by atoms with Crippen LogP contribution in [0.4, 0.5) is 0 Å². The average Bonchev–Trinajstić information content (AvgIpc) is 2.62. The summed E-state index contributed by atoms with van der Waals surface area (Å²) in [5.41, 5.74) is 6.93. The largest absolute Gasteiger partial charge is 0.329 e. The lowest BCUT2D eigenvalue weighted by Crippen LogP contribution is -2.43. The number of nitrogens with zero attached hydrogens (tertiary/aromatic N) is 1. The van der Waals surface area contributed by atoms with Crippen molar-refractivity contribution in [1.82, 2.24) is 4.90 Å². The molecule has 1 aliphatic rings. The Morgan fingerprint density at radius 2 is 2.25 bits per heavy atom. The van der Waals surface area contributed by atoms with Crippen molar-refractivity contribution in [2.24, 2.45) is 5.73 Å². The van der Waals surface area contributed by atoms with E-state index in [1.54, 1.807) is 0 Å². The molecule has 0 saturated carbocycles. The Kier molecular flexibility index (Phi) is 4.50. The zero-order valence-electron chi connectivity index (χ0n) is 9.09. The molecule has 0 aliphatic carbocycles. The highest BCUT2D eigenvalue weighted by atomic mass is 35.5. The van der Waals surface area contributed by atoms with Gasteiger partial charge < -0.3 is 5.73 Å². The van der Waals surface area contributed by atoms with Gasteiger partial charge in [0, 0.05) is 19.1 Å². The number of thiophene rings is 1. The molecule has 0 spiro atoms. The van der Waals surface area contributed by atoms with Crippen molar-refractivity contribution < 1.29 is 0 Å². The molecule has 1 fully saturated rings. The van der Waals surface area contributed by atoms with Gasteiger partial charge in [0.2, 0.25) is 0 Å². The van der Waals surface area contributed by atoms with Crippen molar-refractivity contribution in [3.63, 3.8) is 0 Å². The topological polar surface area (TPSA) is 29.3 Å². The predicted molar refractivity (Wildman–Crippen MR) is 71.4 cm³/mol. The van der Waals surface area contributed by atoms with E-state index < -0.39 is 0 Å². The Morgan fingerprint density at radius 1 is 1.44 bits per heavy atom. The van der Waals surface area contributed by atoms with Crippen LogP contribution in [0.2, 0.25) is 9.36 Å². The van der Waals surface area contributed by atoms with Crippen LogP contribution < -0.4 is 5.73 Å². The molecule has 1 unspecified atom stereocenters. The van der Waals surface area contributed by atoms with Gasteiger partial charge in [-0.1, -0.05) is 29.6 Å². The first-order chi connectivity index (χ1) is 7.72. The van der Waals surface area contributed by atoms with E-state index in [0.717, 1.165) is 25.2 Å². The van der Waals surface area contributed by atoms with Crippen LogP contribution in [-0.2, 0) is 6.54 Å². The summed E-state index contributed by atoms with van der Waals surface area (Å²) < 4.78 is 0.693. The lowest BCUT2D eigenvalue weighted by Gasteiger charge is -2.34. The predicted octanol–water partition coefficient (Wildman–Crippen LogP) is 3.37. The Hall–Kier alpha value is 0.200. The van der Waals surface area contributed by atoms with Crippen molar-refractivity contribution in [1.29, 1.82) is 0 Å². The Balaban J connectivity index is 2.05. The second-order valence-corrected chi connectivity index (χ2v) is 6.06. The minimum absolute atomic E-state index is 0.503. The minimum atomic E-state index is 0.503. The quantitative estimate of drug-likeness (QED) is 0.919. The highest BCUT2D eigenvalue weighted by Gasteiger charge is 2.22. The number of hydrogen-bond acceptors (Lipinski definition) is 3. The van der Waals surface area contributed by atoms with Gasteiger partial charge in [-0.2, -0.15) is 0 Å². The first kappa shape index (κ1) is 12.7. The summed E-state index contributed by atoms with van der Waals surface area (Å²) in [7, 11) is 0. The first-order valence-electron chi connectivity index (χ1n) is 5.58. The van der Waals surface area contributed by atoms with Crippen LogP contribution in [0.5, 0.6) is 0 Å². The highest BCUT2D eigenvalue weighted by Crippen LogP contribution is 2.34. The van der Waals surface area contributed by atoms with Gasteiger partial charge in [-0.15, -0.1) is 11.3 Å². The molecule has 2 heterocycles. The third-order valence-corrected chi connectivity index (χ3v) is 5.06. The molecule has 5 heteroatoms. The standard InChI is InChI=1S/C11H16Cl2N2S/c12-10-8(7-16-11(10)13)6-15-4-2-1-3-9(15)5-14/h7,9H,1-6,14H2. The van der Waals surface area contributed by atoms with Crippen LogP contribution in [0.1, 0.15) is 24.8 Å². The van der Waals surface area contributed by atoms with Crippen molar-refractivity contribution in [3.05, 3.63) is 20.3 Å². The summed E-state index contributed by atoms with van der Waals surface area (Å²) in [6.45, 7) is 2.73. The van der Waals surface area contributed by atoms with Crippen LogP contribution in [0, 0.1) is 0 Å². The fraction of sp³-hybridized carbons (Fsp3) is 0.636. The monoisotopic (exact) mass is 278 g/mol. The number of nitrogens with two attached hydrogens (primary N) is 1. The maximum Gasteiger partial charge on any atom is 0.112 e. The molecule has 1 aromatic rings. The SMILES string of the molecule is NCC1CCCCN1Cc1csc(Cl)c1Cl. The lowest BCUT2D eigenvalue weighted by atomic mass is 10.0. The van der Waals surface area contributed by atoms with Crippen LogP contribution in [-0.4, -0.2) is 24.0 Å². The van der Waals surface area contributed by atoms with Gasteiger partial charge in [0.25, 0.3) is 0 Å². The summed E-state index contributed by atoms with van der Waals surface area (Å²) in [4.78, 5) is 2.42. The van der Waals surface area contributed by atoms with E-state index in [1.807, 2.05) is 5.38 Å². The van der Waals surface area contributed by atoms with Gasteiger partial charge in [-0.25, -0.2) is 0 Å². The van der Waals surface area contributed by atoms with Crippen LogP contribution in [0.15, 0.2) is 5.38 Å². The molecule has 1 aliphatic heterocycles. The van der Waals surface area contributed by atoms with Gasteiger partial charge in [0.15, 0.2) is 0 Å². The van der Waals surface area contributed by atoms with Crippen LogP contribution >= 0.6 is 34.5 Å². The van der Waals surface area contributed by atoms with Crippen molar-refractivity contribution in [3.8, 4) is 0 Å². The van der Waals surface area contributed by atoms with E-state index in [2.05, 4.69) is 4.90 Å². The maximum atomic E-state index is 6.14. The second-order valence-electron chi connectivity index (χ2n) is 4.20. The van der Waals surface area contributed by atoms with Gasteiger partial charge in [0.05, 0.1) is 5.02 Å². The summed E-state index contributed by atoms with van der Waals surface area (Å²) in [5, 5.41) is 2.76. The number of rotatable bonds is 3. The van der Waals surface area contributed by atoms with Crippen molar-refractivity contribution in [2.75, 3.05) is 13.1 Å². The summed E-state index contributed by atoms with van der Waals surface area (Å²) >= 11 is 13.6. The molecular formula is C11H16Cl2N2S. The summed E-state index contributed by atoms with van der Waals surface area (Å²) in [6, 6.07) is 0.503. The van der Waals surface area contributed by atoms with E-state index in [4.69, 9.17) is 28.9 Å². The second kappa shape index (κ2) is 5.69. The third-order valence-electron chi connectivity index (χ3n) is 3.15. The van der Waals surface area contributed by atoms with Crippen LogP contribution in [0.3, 0.4) is 0 Å². The molecule has 2 rings (SSSR count). The molecule has 1 aromatic heterocycles. The number of piperidine rings is 1. The molecule has 0 bridgehead atoms. The fourth-order valence-electron chi connectivity index (χ4n) is 2.21. The van der Waals surface area contributed by atoms with Gasteiger partial charge in [0.1, 0.15) is 4.34 Å². The molecule has 0 radical (unpaired) electrons. The average molecular weight is 279 g/mol. The highest BCUT2D eigenvalue weighted by molar-refractivity contribution is 7.15. The molecule has 0 aromatic carbocycles. The van der Waals surface area contributed by atoms with Gasteiger partial charge in [-0.3, -0.25) is 4.90 Å². The summed E-state index contributed by atoms with van der Waals surface area (Å²) in [5.74, 6) is 0. The normalized spacial score (nSPS) is 22.6. The molecule has 1 saturated heterocycles. The van der Waals surface area contributed by atoms with E-state index in [1.165, 1.54) is 30.6 Å². The molecular weight excluding hydrogens is 263 g/mol. The van der Waals surface area contributed by atoms with E-state index >= 15 is 0 Å². The van der Waals surface area contributed by atoms with Gasteiger partial charge in [-0.05, 0) is 30.3 Å². The van der Waals surface area contributed by atoms with Gasteiger partial charge >= 0.3 is 0 Å². The number of hydrogen-bond donors (Lipinski definition) is 1. The van der Waals surface area contributed by atoms with Crippen molar-refractivity contribution >= 4 is 34.5 Å². The Morgan fingerprint density at radius 3 is 2.88 bits per heavy atom. The third kappa shape index (κ3) is 2.71. The molecule has 90 valence electrons. The molecule has 16 heavy (non-hydrogen) atoms. The summed E-state index contributed by atoms with van der Waals surface area (Å²) in [6.07, 6.45) is 3.74. The smallest absolute Gasteiger partial charge is 0.112 e. The molecule has 2 N–H and O–H groups in total. The Bertz CT molecular complexity index is 354.